The molecular formula is C22H27BrN2O4S. The number of ether oxygens (including phenoxy) is 1. The van der Waals surface area contributed by atoms with E-state index in [0.717, 1.165) is 35.7 Å². The van der Waals surface area contributed by atoms with Gasteiger partial charge < -0.3 is 10.1 Å². The molecule has 0 radical (unpaired) electrons. The van der Waals surface area contributed by atoms with Gasteiger partial charge in [0.05, 0.1) is 10.9 Å². The smallest absolute Gasteiger partial charge is 0.258 e. The van der Waals surface area contributed by atoms with E-state index in [-0.39, 0.29) is 29.5 Å². The third-order valence-electron chi connectivity index (χ3n) is 5.16. The fourth-order valence-corrected chi connectivity index (χ4v) is 5.24. The number of hydrogen-bond donors (Lipinski definition) is 2. The molecule has 0 saturated heterocycles. The Bertz CT molecular complexity index is 957. The Morgan fingerprint density at radius 2 is 1.83 bits per heavy atom. The number of nitrogens with one attached hydrogen (secondary N) is 2. The normalized spacial score (nSPS) is 16.1. The lowest BCUT2D eigenvalue weighted by atomic mass is 9.96. The lowest BCUT2D eigenvalue weighted by Gasteiger charge is -2.22. The van der Waals surface area contributed by atoms with Crippen LogP contribution < -0.4 is 14.8 Å². The standard InChI is InChI=1S/C22H27BrN2O4S/c1-16(17-6-5-7-18(23)14-17)24-22(26)15-29-20-10-12-21(13-11-20)30(27,28)25-19-8-3-2-4-9-19/h5-7,10-14,16,19,25H,2-4,8-9,15H2,1H3,(H,24,26). The Kier molecular flexibility index (Phi) is 7.91. The summed E-state index contributed by atoms with van der Waals surface area (Å²) in [6.45, 7) is 1.75. The molecule has 3 rings (SSSR count). The van der Waals surface area contributed by atoms with Crippen LogP contribution in [0.5, 0.6) is 5.75 Å². The average molecular weight is 495 g/mol. The van der Waals surface area contributed by atoms with Gasteiger partial charge in [0.2, 0.25) is 10.0 Å². The highest BCUT2D eigenvalue weighted by atomic mass is 79.9. The van der Waals surface area contributed by atoms with Gasteiger partial charge in [0.25, 0.3) is 5.91 Å². The molecule has 0 aromatic heterocycles. The van der Waals surface area contributed by atoms with Crippen molar-refractivity contribution in [2.75, 3.05) is 6.61 Å². The molecule has 1 atom stereocenters. The van der Waals surface area contributed by atoms with E-state index in [2.05, 4.69) is 26.0 Å². The van der Waals surface area contributed by atoms with Crippen LogP contribution in [0.1, 0.15) is 50.6 Å². The monoisotopic (exact) mass is 494 g/mol. The van der Waals surface area contributed by atoms with Crippen molar-refractivity contribution in [3.63, 3.8) is 0 Å². The molecule has 0 spiro atoms. The molecule has 2 aromatic carbocycles. The zero-order valence-electron chi connectivity index (χ0n) is 16.9. The van der Waals surface area contributed by atoms with Crippen LogP contribution in [0.15, 0.2) is 57.9 Å². The lowest BCUT2D eigenvalue weighted by Crippen LogP contribution is -2.36. The van der Waals surface area contributed by atoms with E-state index in [1.165, 1.54) is 18.6 Å². The van der Waals surface area contributed by atoms with Gasteiger partial charge >= 0.3 is 0 Å². The molecule has 1 fully saturated rings. The molecule has 162 valence electrons. The summed E-state index contributed by atoms with van der Waals surface area (Å²) in [7, 11) is -3.55. The molecule has 8 heteroatoms. The summed E-state index contributed by atoms with van der Waals surface area (Å²) in [5, 5.41) is 2.88. The number of sulfonamides is 1. The Morgan fingerprint density at radius 3 is 2.50 bits per heavy atom. The summed E-state index contributed by atoms with van der Waals surface area (Å²) in [6, 6.07) is 13.7. The first-order chi connectivity index (χ1) is 14.3. The highest BCUT2D eigenvalue weighted by Crippen LogP contribution is 2.21. The maximum atomic E-state index is 12.5. The van der Waals surface area contributed by atoms with Crippen molar-refractivity contribution in [2.45, 2.75) is 56.0 Å². The predicted octanol–water partition coefficient (Wildman–Crippen LogP) is 4.32. The van der Waals surface area contributed by atoms with Gasteiger partial charge in [0, 0.05) is 10.5 Å². The number of carbonyl (C=O) groups is 1. The van der Waals surface area contributed by atoms with E-state index < -0.39 is 10.0 Å². The molecule has 1 amide bonds. The SMILES string of the molecule is CC(NC(=O)COc1ccc(S(=O)(=O)NC2CCCCC2)cc1)c1cccc(Br)c1. The van der Waals surface area contributed by atoms with Crippen LogP contribution in [0, 0.1) is 0 Å². The highest BCUT2D eigenvalue weighted by Gasteiger charge is 2.21. The van der Waals surface area contributed by atoms with Gasteiger partial charge in [0.15, 0.2) is 6.61 Å². The first kappa shape index (κ1) is 22.8. The van der Waals surface area contributed by atoms with E-state index in [1.54, 1.807) is 12.1 Å². The fraction of sp³-hybridized carbons (Fsp3) is 0.409. The summed E-state index contributed by atoms with van der Waals surface area (Å²) in [4.78, 5) is 12.4. The van der Waals surface area contributed by atoms with Crippen molar-refractivity contribution in [2.24, 2.45) is 0 Å². The molecule has 1 unspecified atom stereocenters. The quantitative estimate of drug-likeness (QED) is 0.572. The molecule has 2 aromatic rings. The molecule has 6 nitrogen and oxygen atoms in total. The topological polar surface area (TPSA) is 84.5 Å². The van der Waals surface area contributed by atoms with Gasteiger partial charge in [-0.2, -0.15) is 0 Å². The molecule has 1 saturated carbocycles. The number of rotatable bonds is 8. The van der Waals surface area contributed by atoms with E-state index in [1.807, 2.05) is 31.2 Å². The average Bonchev–Trinajstić information content (AvgIpc) is 2.73. The van der Waals surface area contributed by atoms with Crippen molar-refractivity contribution in [1.29, 1.82) is 0 Å². The number of amides is 1. The minimum atomic E-state index is -3.55. The van der Waals surface area contributed by atoms with Gasteiger partial charge in [-0.05, 0) is 61.7 Å². The maximum Gasteiger partial charge on any atom is 0.258 e. The summed E-state index contributed by atoms with van der Waals surface area (Å²) < 4.78 is 34.3. The molecule has 0 bridgehead atoms. The van der Waals surface area contributed by atoms with E-state index >= 15 is 0 Å². The first-order valence-electron chi connectivity index (χ1n) is 10.1. The van der Waals surface area contributed by atoms with Gasteiger partial charge in [0.1, 0.15) is 5.75 Å². The number of halogens is 1. The van der Waals surface area contributed by atoms with Crippen molar-refractivity contribution < 1.29 is 17.9 Å². The zero-order chi connectivity index (χ0) is 21.6. The van der Waals surface area contributed by atoms with Gasteiger partial charge in [-0.15, -0.1) is 0 Å². The molecule has 1 aliphatic carbocycles. The van der Waals surface area contributed by atoms with Crippen molar-refractivity contribution >= 4 is 31.9 Å². The second kappa shape index (κ2) is 10.4. The highest BCUT2D eigenvalue weighted by molar-refractivity contribution is 9.10. The van der Waals surface area contributed by atoms with Gasteiger partial charge in [-0.1, -0.05) is 47.3 Å². The minimum absolute atomic E-state index is 0.00981. The van der Waals surface area contributed by atoms with Crippen LogP contribution in [0.3, 0.4) is 0 Å². The number of hydrogen-bond acceptors (Lipinski definition) is 4. The van der Waals surface area contributed by atoms with Crippen LogP contribution in [0.2, 0.25) is 0 Å². The predicted molar refractivity (Wildman–Crippen MR) is 120 cm³/mol. The summed E-state index contributed by atoms with van der Waals surface area (Å²) >= 11 is 3.42. The van der Waals surface area contributed by atoms with E-state index in [4.69, 9.17) is 4.74 Å². The lowest BCUT2D eigenvalue weighted by molar-refractivity contribution is -0.123. The Hall–Kier alpha value is -1.90. The van der Waals surface area contributed by atoms with Crippen LogP contribution >= 0.6 is 15.9 Å². The third-order valence-corrected chi connectivity index (χ3v) is 7.19. The maximum absolute atomic E-state index is 12.5. The van der Waals surface area contributed by atoms with Crippen molar-refractivity contribution in [3.05, 3.63) is 58.6 Å². The first-order valence-corrected chi connectivity index (χ1v) is 12.4. The largest absolute Gasteiger partial charge is 0.484 e. The molecule has 1 aliphatic rings. The Balaban J connectivity index is 1.50. The zero-order valence-corrected chi connectivity index (χ0v) is 19.3. The molecule has 2 N–H and O–H groups in total. The number of benzene rings is 2. The summed E-state index contributed by atoms with van der Waals surface area (Å²) in [5.41, 5.74) is 0.984. The molecule has 30 heavy (non-hydrogen) atoms. The van der Waals surface area contributed by atoms with Crippen molar-refractivity contribution in [3.8, 4) is 5.75 Å². The van der Waals surface area contributed by atoms with Crippen molar-refractivity contribution in [1.82, 2.24) is 10.0 Å². The Morgan fingerprint density at radius 1 is 1.13 bits per heavy atom. The molecule has 0 aliphatic heterocycles. The summed E-state index contributed by atoms with van der Waals surface area (Å²) in [6.07, 6.45) is 5.05. The van der Waals surface area contributed by atoms with E-state index in [0.29, 0.717) is 5.75 Å². The minimum Gasteiger partial charge on any atom is -0.484 e. The Labute approximate surface area is 186 Å². The van der Waals surface area contributed by atoms with Gasteiger partial charge in [-0.25, -0.2) is 13.1 Å². The van der Waals surface area contributed by atoms with Crippen LogP contribution in [0.25, 0.3) is 0 Å². The summed E-state index contributed by atoms with van der Waals surface area (Å²) in [5.74, 6) is 0.190. The fourth-order valence-electron chi connectivity index (χ4n) is 3.51. The number of carbonyl (C=O) groups excluding carboxylic acids is 1. The molecule has 0 heterocycles. The van der Waals surface area contributed by atoms with Gasteiger partial charge in [-0.3, -0.25) is 4.79 Å². The second-order valence-electron chi connectivity index (χ2n) is 7.56. The molecular weight excluding hydrogens is 468 g/mol. The van der Waals surface area contributed by atoms with Crippen LogP contribution in [0.4, 0.5) is 0 Å². The van der Waals surface area contributed by atoms with Crippen LogP contribution in [-0.2, 0) is 14.8 Å². The van der Waals surface area contributed by atoms with E-state index in [9.17, 15) is 13.2 Å². The van der Waals surface area contributed by atoms with Crippen LogP contribution in [-0.4, -0.2) is 27.0 Å². The second-order valence-corrected chi connectivity index (χ2v) is 10.2. The third kappa shape index (κ3) is 6.55.